The van der Waals surface area contributed by atoms with E-state index in [2.05, 4.69) is 11.1 Å². The first-order chi connectivity index (χ1) is 16.9. The molecule has 0 amide bonds. The fourth-order valence-electron chi connectivity index (χ4n) is 4.66. The number of allylic oxidation sites excluding steroid dienone is 1. The third kappa shape index (κ3) is 7.85. The quantitative estimate of drug-likeness (QED) is 0.407. The van der Waals surface area contributed by atoms with Crippen molar-refractivity contribution in [1.82, 2.24) is 4.98 Å². The first-order valence-corrected chi connectivity index (χ1v) is 13.0. The number of nitrogens with zero attached hydrogens (tertiary/aromatic N) is 1. The molecule has 5 atom stereocenters. The first-order valence-electron chi connectivity index (χ1n) is 13.0. The van der Waals surface area contributed by atoms with Crippen LogP contribution in [-0.4, -0.2) is 45.3 Å². The van der Waals surface area contributed by atoms with Gasteiger partial charge >= 0.3 is 5.97 Å². The molecule has 0 radical (unpaired) electrons. The number of carbonyl (C=O) groups is 2. The molecule has 8 heteroatoms. The molecular formula is C28H44N2O6. The number of nitrogens with two attached hydrogens (primary N) is 1. The summed E-state index contributed by atoms with van der Waals surface area (Å²) in [5, 5.41) is 21.9. The number of hydrogen-bond acceptors (Lipinski definition) is 8. The minimum atomic E-state index is -1.24. The number of cyclic esters (lactones) is 1. The molecule has 1 aliphatic heterocycles. The number of rotatable bonds is 4. The molecule has 4 N–H and O–H groups in total. The molecule has 202 valence electrons. The van der Waals surface area contributed by atoms with Gasteiger partial charge in [-0.2, -0.15) is 0 Å². The van der Waals surface area contributed by atoms with Crippen LogP contribution in [-0.2, 0) is 20.9 Å². The number of oxazole rings is 1. The van der Waals surface area contributed by atoms with E-state index in [1.54, 1.807) is 19.9 Å². The molecule has 1 aromatic heterocycles. The SMILES string of the molecule is CCC1C(=O)C(C)(C)C(O)CC(=O)OC(C(C)=Cc2coc(CN)n2)C/C=C(\C)CCCC(C)C1O. The second kappa shape index (κ2) is 13.3. The molecule has 8 nitrogen and oxygen atoms in total. The van der Waals surface area contributed by atoms with Gasteiger partial charge in [0, 0.05) is 12.3 Å². The van der Waals surface area contributed by atoms with Gasteiger partial charge < -0.3 is 25.1 Å². The van der Waals surface area contributed by atoms with Gasteiger partial charge in [0.05, 0.1) is 30.6 Å². The first kappa shape index (κ1) is 29.9. The molecule has 0 saturated carbocycles. The summed E-state index contributed by atoms with van der Waals surface area (Å²) in [5.41, 5.74) is 6.88. The maximum absolute atomic E-state index is 13.4. The van der Waals surface area contributed by atoms with Gasteiger partial charge in [0.1, 0.15) is 23.8 Å². The van der Waals surface area contributed by atoms with Crippen molar-refractivity contribution in [3.05, 3.63) is 35.1 Å². The third-order valence-electron chi connectivity index (χ3n) is 7.41. The van der Waals surface area contributed by atoms with Gasteiger partial charge in [-0.1, -0.05) is 39.3 Å². The molecule has 0 spiro atoms. The second-order valence-corrected chi connectivity index (χ2v) is 10.7. The van der Waals surface area contributed by atoms with Crippen molar-refractivity contribution in [2.45, 2.75) is 105 Å². The molecular weight excluding hydrogens is 460 g/mol. The molecule has 2 heterocycles. The molecule has 0 bridgehead atoms. The largest absolute Gasteiger partial charge is 0.457 e. The number of ether oxygens (including phenoxy) is 1. The van der Waals surface area contributed by atoms with E-state index in [1.165, 1.54) is 6.26 Å². The van der Waals surface area contributed by atoms with Crippen LogP contribution in [0.4, 0.5) is 0 Å². The molecule has 2 rings (SSSR count). The predicted octanol–water partition coefficient (Wildman–Crippen LogP) is 4.34. The van der Waals surface area contributed by atoms with Crippen LogP contribution in [0.3, 0.4) is 0 Å². The number of carbonyl (C=O) groups excluding carboxylic acids is 2. The molecule has 0 aliphatic carbocycles. The van der Waals surface area contributed by atoms with Gasteiger partial charge in [0.2, 0.25) is 5.89 Å². The number of aliphatic hydroxyl groups excluding tert-OH is 2. The summed E-state index contributed by atoms with van der Waals surface area (Å²) in [4.78, 5) is 30.6. The van der Waals surface area contributed by atoms with Crippen LogP contribution in [0.2, 0.25) is 0 Å². The maximum Gasteiger partial charge on any atom is 0.309 e. The third-order valence-corrected chi connectivity index (χ3v) is 7.41. The van der Waals surface area contributed by atoms with E-state index in [0.717, 1.165) is 30.4 Å². The number of ketones is 1. The van der Waals surface area contributed by atoms with Crippen molar-refractivity contribution >= 4 is 17.8 Å². The zero-order chi connectivity index (χ0) is 27.0. The lowest BCUT2D eigenvalue weighted by Gasteiger charge is -2.35. The average molecular weight is 505 g/mol. The maximum atomic E-state index is 13.4. The Balaban J connectivity index is 2.35. The Bertz CT molecular complexity index is 948. The number of Topliss-reactive ketones (excluding diaryl/α,β-unsaturated/α-hetero) is 1. The van der Waals surface area contributed by atoms with Gasteiger partial charge in [-0.15, -0.1) is 0 Å². The minimum Gasteiger partial charge on any atom is -0.457 e. The molecule has 1 aromatic rings. The molecule has 0 aromatic carbocycles. The number of esters is 1. The monoisotopic (exact) mass is 504 g/mol. The fraction of sp³-hybridized carbons (Fsp3) is 0.679. The Hall–Kier alpha value is -2.29. The van der Waals surface area contributed by atoms with Crippen LogP contribution in [0.15, 0.2) is 27.9 Å². The average Bonchev–Trinajstić information content (AvgIpc) is 3.28. The highest BCUT2D eigenvalue weighted by atomic mass is 16.5. The van der Waals surface area contributed by atoms with Crippen molar-refractivity contribution in [2.24, 2.45) is 23.0 Å². The van der Waals surface area contributed by atoms with Crippen molar-refractivity contribution in [2.75, 3.05) is 0 Å². The Morgan fingerprint density at radius 3 is 2.61 bits per heavy atom. The minimum absolute atomic E-state index is 0.0590. The van der Waals surface area contributed by atoms with E-state index in [-0.39, 0.29) is 24.7 Å². The topological polar surface area (TPSA) is 136 Å². The van der Waals surface area contributed by atoms with Crippen LogP contribution in [0.5, 0.6) is 0 Å². The summed E-state index contributed by atoms with van der Waals surface area (Å²) < 4.78 is 11.1. The standard InChI is InChI=1S/C28H44N2O6/c1-7-21-26(33)18(3)10-8-9-17(2)11-12-22(19(4)13-20-16-35-24(15-29)30-20)36-25(32)14-23(31)28(5,6)27(21)34/h11,13,16,18,21-23,26,31,33H,7-10,12,14-15,29H2,1-6H3/b17-11+,19-13?. The van der Waals surface area contributed by atoms with Gasteiger partial charge in [-0.05, 0) is 57.1 Å². The number of aliphatic hydroxyl groups is 2. The summed E-state index contributed by atoms with van der Waals surface area (Å²) in [6.07, 6.45) is 5.86. The highest BCUT2D eigenvalue weighted by Crippen LogP contribution is 2.34. The molecule has 0 saturated heterocycles. The summed E-state index contributed by atoms with van der Waals surface area (Å²) >= 11 is 0. The predicted molar refractivity (Wildman–Crippen MR) is 139 cm³/mol. The zero-order valence-electron chi connectivity index (χ0n) is 22.6. The van der Waals surface area contributed by atoms with E-state index in [1.807, 2.05) is 27.7 Å². The Morgan fingerprint density at radius 2 is 2.00 bits per heavy atom. The highest BCUT2D eigenvalue weighted by molar-refractivity contribution is 5.88. The molecule has 0 fully saturated rings. The van der Waals surface area contributed by atoms with E-state index in [9.17, 15) is 19.8 Å². The van der Waals surface area contributed by atoms with Crippen molar-refractivity contribution in [3.63, 3.8) is 0 Å². The second-order valence-electron chi connectivity index (χ2n) is 10.7. The van der Waals surface area contributed by atoms with Crippen molar-refractivity contribution < 1.29 is 29.0 Å². The van der Waals surface area contributed by atoms with Crippen molar-refractivity contribution in [3.8, 4) is 0 Å². The Morgan fingerprint density at radius 1 is 1.31 bits per heavy atom. The Labute approximate surface area is 215 Å². The Kier molecular flexibility index (Phi) is 11.1. The number of hydrogen-bond donors (Lipinski definition) is 3. The molecule has 36 heavy (non-hydrogen) atoms. The van der Waals surface area contributed by atoms with Crippen LogP contribution >= 0.6 is 0 Å². The smallest absolute Gasteiger partial charge is 0.309 e. The fourth-order valence-corrected chi connectivity index (χ4v) is 4.66. The van der Waals surface area contributed by atoms with Gasteiger partial charge in [0.25, 0.3) is 0 Å². The van der Waals surface area contributed by atoms with E-state index < -0.39 is 35.6 Å². The van der Waals surface area contributed by atoms with Crippen LogP contribution in [0.25, 0.3) is 6.08 Å². The summed E-state index contributed by atoms with van der Waals surface area (Å²) in [6, 6.07) is 0. The summed E-state index contributed by atoms with van der Waals surface area (Å²) in [5.74, 6) is -1.08. The van der Waals surface area contributed by atoms with Crippen molar-refractivity contribution in [1.29, 1.82) is 0 Å². The molecule has 5 unspecified atom stereocenters. The van der Waals surface area contributed by atoms with Gasteiger partial charge in [0.15, 0.2) is 0 Å². The lowest BCUT2D eigenvalue weighted by atomic mass is 9.71. The zero-order valence-corrected chi connectivity index (χ0v) is 22.6. The number of aromatic nitrogens is 1. The van der Waals surface area contributed by atoms with Crippen LogP contribution in [0, 0.1) is 17.3 Å². The van der Waals surface area contributed by atoms with E-state index in [4.69, 9.17) is 14.9 Å². The van der Waals surface area contributed by atoms with Gasteiger partial charge in [-0.3, -0.25) is 9.59 Å². The lowest BCUT2D eigenvalue weighted by Crippen LogP contribution is -2.46. The van der Waals surface area contributed by atoms with E-state index >= 15 is 0 Å². The van der Waals surface area contributed by atoms with Crippen LogP contribution in [0.1, 0.15) is 91.7 Å². The van der Waals surface area contributed by atoms with Crippen LogP contribution < -0.4 is 5.73 Å². The summed E-state index contributed by atoms with van der Waals surface area (Å²) in [7, 11) is 0. The van der Waals surface area contributed by atoms with Gasteiger partial charge in [-0.25, -0.2) is 4.98 Å². The van der Waals surface area contributed by atoms with E-state index in [0.29, 0.717) is 24.4 Å². The highest BCUT2D eigenvalue weighted by Gasteiger charge is 2.43. The lowest BCUT2D eigenvalue weighted by molar-refractivity contribution is -0.154. The molecule has 1 aliphatic rings. The summed E-state index contributed by atoms with van der Waals surface area (Å²) in [6.45, 7) is 11.2. The normalized spacial score (nSPS) is 31.0.